The summed E-state index contributed by atoms with van der Waals surface area (Å²) in [6.45, 7) is 1.89. The lowest BCUT2D eigenvalue weighted by atomic mass is 10.1. The van der Waals surface area contributed by atoms with Crippen LogP contribution in [0.25, 0.3) is 0 Å². The molecule has 0 spiro atoms. The summed E-state index contributed by atoms with van der Waals surface area (Å²) in [5.41, 5.74) is 1.22. The van der Waals surface area contributed by atoms with Crippen molar-refractivity contribution < 1.29 is 9.84 Å². The second-order valence-electron chi connectivity index (χ2n) is 5.96. The molecule has 1 saturated heterocycles. The van der Waals surface area contributed by atoms with Gasteiger partial charge in [-0.3, -0.25) is 0 Å². The van der Waals surface area contributed by atoms with E-state index in [1.54, 1.807) is 13.4 Å². The molecule has 0 radical (unpaired) electrons. The number of hydrogen-bond acceptors (Lipinski definition) is 6. The Kier molecular flexibility index (Phi) is 5.48. The molecule has 0 aliphatic carbocycles. The van der Waals surface area contributed by atoms with Gasteiger partial charge in [-0.15, -0.1) is 0 Å². The highest BCUT2D eigenvalue weighted by molar-refractivity contribution is 5.50. The molecule has 0 amide bonds. The maximum absolute atomic E-state index is 9.47. The molecule has 1 aliphatic rings. The molecule has 1 aromatic heterocycles. The van der Waals surface area contributed by atoms with E-state index < -0.39 is 0 Å². The van der Waals surface area contributed by atoms with Crippen molar-refractivity contribution in [3.8, 4) is 5.75 Å². The number of nitrogens with one attached hydrogen (secondary N) is 1. The summed E-state index contributed by atoms with van der Waals surface area (Å²) in [5.74, 6) is 2.57. The Morgan fingerprint density at radius 2 is 2.25 bits per heavy atom. The second kappa shape index (κ2) is 7.97. The van der Waals surface area contributed by atoms with Crippen molar-refractivity contribution in [3.05, 3.63) is 42.2 Å². The third-order valence-corrected chi connectivity index (χ3v) is 4.39. The van der Waals surface area contributed by atoms with Gasteiger partial charge in [0.2, 0.25) is 0 Å². The molecule has 2 heterocycles. The summed E-state index contributed by atoms with van der Waals surface area (Å²) in [6.07, 6.45) is 4.57. The summed E-state index contributed by atoms with van der Waals surface area (Å²) in [7, 11) is 1.68. The van der Waals surface area contributed by atoms with Gasteiger partial charge in [-0.1, -0.05) is 12.1 Å². The minimum absolute atomic E-state index is 0.169. The number of aliphatic hydroxyl groups excluding tert-OH is 1. The lowest BCUT2D eigenvalue weighted by Crippen LogP contribution is -2.32. The molecule has 1 aromatic carbocycles. The number of anilines is 2. The molecular formula is C18H24N4O2. The zero-order valence-electron chi connectivity index (χ0n) is 14.0. The van der Waals surface area contributed by atoms with E-state index in [2.05, 4.69) is 26.3 Å². The normalized spacial score (nSPS) is 17.1. The van der Waals surface area contributed by atoms with Crippen LogP contribution >= 0.6 is 0 Å². The molecule has 1 fully saturated rings. The Balaban J connectivity index is 1.58. The van der Waals surface area contributed by atoms with Gasteiger partial charge in [0.1, 0.15) is 23.7 Å². The molecule has 24 heavy (non-hydrogen) atoms. The number of aromatic nitrogens is 2. The molecule has 3 rings (SSSR count). The Labute approximate surface area is 142 Å². The minimum atomic E-state index is 0.169. The zero-order chi connectivity index (χ0) is 16.8. The van der Waals surface area contributed by atoms with Crippen LogP contribution in [-0.2, 0) is 6.42 Å². The van der Waals surface area contributed by atoms with Gasteiger partial charge in [-0.05, 0) is 37.0 Å². The van der Waals surface area contributed by atoms with Gasteiger partial charge in [-0.25, -0.2) is 9.97 Å². The standard InChI is InChI=1S/C18H24N4O2/c1-24-16-6-2-4-14(10-16)7-8-19-17-11-18(21-13-20-17)22-9-3-5-15(22)12-23/h2,4,6,10-11,13,15,23H,3,5,7-9,12H2,1H3,(H,19,20,21). The average Bonchev–Trinajstić information content (AvgIpc) is 3.11. The Hall–Kier alpha value is -2.34. The van der Waals surface area contributed by atoms with Crippen molar-refractivity contribution in [3.63, 3.8) is 0 Å². The first-order valence-electron chi connectivity index (χ1n) is 8.36. The van der Waals surface area contributed by atoms with Crippen molar-refractivity contribution in [2.45, 2.75) is 25.3 Å². The van der Waals surface area contributed by atoms with Crippen LogP contribution in [0.3, 0.4) is 0 Å². The van der Waals surface area contributed by atoms with Crippen molar-refractivity contribution in [2.75, 3.05) is 37.0 Å². The maximum Gasteiger partial charge on any atom is 0.134 e. The van der Waals surface area contributed by atoms with Crippen LogP contribution in [0.4, 0.5) is 11.6 Å². The Bertz CT molecular complexity index is 665. The van der Waals surface area contributed by atoms with E-state index in [9.17, 15) is 5.11 Å². The Morgan fingerprint density at radius 1 is 1.33 bits per heavy atom. The molecule has 2 aromatic rings. The number of nitrogens with zero attached hydrogens (tertiary/aromatic N) is 3. The quantitative estimate of drug-likeness (QED) is 0.811. The van der Waals surface area contributed by atoms with Crippen molar-refractivity contribution in [1.82, 2.24) is 9.97 Å². The predicted octanol–water partition coefficient (Wildman–Crippen LogP) is 2.10. The van der Waals surface area contributed by atoms with Gasteiger partial charge in [0.05, 0.1) is 19.8 Å². The number of ether oxygens (including phenoxy) is 1. The third kappa shape index (κ3) is 3.94. The maximum atomic E-state index is 9.47. The fourth-order valence-corrected chi connectivity index (χ4v) is 3.09. The van der Waals surface area contributed by atoms with Crippen LogP contribution in [0.5, 0.6) is 5.75 Å². The zero-order valence-corrected chi connectivity index (χ0v) is 14.0. The lowest BCUT2D eigenvalue weighted by molar-refractivity contribution is 0.266. The number of methoxy groups -OCH3 is 1. The van der Waals surface area contributed by atoms with Gasteiger partial charge < -0.3 is 20.1 Å². The van der Waals surface area contributed by atoms with Gasteiger partial charge in [0, 0.05) is 19.2 Å². The molecule has 0 bridgehead atoms. The predicted molar refractivity (Wildman–Crippen MR) is 94.7 cm³/mol. The molecule has 6 heteroatoms. The van der Waals surface area contributed by atoms with Crippen LogP contribution in [-0.4, -0.2) is 47.9 Å². The fraction of sp³-hybridized carbons (Fsp3) is 0.444. The van der Waals surface area contributed by atoms with E-state index in [4.69, 9.17) is 4.74 Å². The second-order valence-corrected chi connectivity index (χ2v) is 5.96. The number of aliphatic hydroxyl groups is 1. The molecule has 128 valence electrons. The van der Waals surface area contributed by atoms with E-state index in [1.165, 1.54) is 5.56 Å². The fourth-order valence-electron chi connectivity index (χ4n) is 3.09. The average molecular weight is 328 g/mol. The molecular weight excluding hydrogens is 304 g/mol. The van der Waals surface area contributed by atoms with Crippen LogP contribution < -0.4 is 15.0 Å². The van der Waals surface area contributed by atoms with Gasteiger partial charge in [0.15, 0.2) is 0 Å². The Morgan fingerprint density at radius 3 is 3.08 bits per heavy atom. The van der Waals surface area contributed by atoms with Crippen LogP contribution in [0.15, 0.2) is 36.7 Å². The monoisotopic (exact) mass is 328 g/mol. The summed E-state index contributed by atoms with van der Waals surface area (Å²) in [6, 6.07) is 10.2. The smallest absolute Gasteiger partial charge is 0.134 e. The van der Waals surface area contributed by atoms with E-state index in [0.717, 1.165) is 49.7 Å². The molecule has 1 atom stereocenters. The number of benzene rings is 1. The largest absolute Gasteiger partial charge is 0.497 e. The van der Waals surface area contributed by atoms with E-state index >= 15 is 0 Å². The van der Waals surface area contributed by atoms with Crippen LogP contribution in [0.1, 0.15) is 18.4 Å². The summed E-state index contributed by atoms with van der Waals surface area (Å²) < 4.78 is 5.25. The summed E-state index contributed by atoms with van der Waals surface area (Å²) in [4.78, 5) is 10.8. The highest BCUT2D eigenvalue weighted by Gasteiger charge is 2.25. The highest BCUT2D eigenvalue weighted by Crippen LogP contribution is 2.24. The molecule has 2 N–H and O–H groups in total. The third-order valence-electron chi connectivity index (χ3n) is 4.39. The lowest BCUT2D eigenvalue weighted by Gasteiger charge is -2.24. The first-order valence-corrected chi connectivity index (χ1v) is 8.36. The molecule has 6 nitrogen and oxygen atoms in total. The van der Waals surface area contributed by atoms with Gasteiger partial charge in [0.25, 0.3) is 0 Å². The summed E-state index contributed by atoms with van der Waals surface area (Å²) in [5, 5.41) is 12.8. The SMILES string of the molecule is COc1cccc(CCNc2cc(N3CCCC3CO)ncn2)c1. The van der Waals surface area contributed by atoms with Crippen molar-refractivity contribution in [2.24, 2.45) is 0 Å². The molecule has 1 unspecified atom stereocenters. The minimum Gasteiger partial charge on any atom is -0.497 e. The first-order chi connectivity index (χ1) is 11.8. The topological polar surface area (TPSA) is 70.5 Å². The van der Waals surface area contributed by atoms with Gasteiger partial charge in [-0.2, -0.15) is 0 Å². The van der Waals surface area contributed by atoms with Crippen molar-refractivity contribution in [1.29, 1.82) is 0 Å². The van der Waals surface area contributed by atoms with Crippen LogP contribution in [0.2, 0.25) is 0 Å². The molecule has 0 saturated carbocycles. The van der Waals surface area contributed by atoms with Crippen LogP contribution in [0, 0.1) is 0 Å². The van der Waals surface area contributed by atoms with E-state index in [-0.39, 0.29) is 12.6 Å². The number of rotatable bonds is 7. The molecule has 1 aliphatic heterocycles. The number of hydrogen-bond donors (Lipinski definition) is 2. The summed E-state index contributed by atoms with van der Waals surface area (Å²) >= 11 is 0. The first kappa shape index (κ1) is 16.5. The van der Waals surface area contributed by atoms with E-state index in [1.807, 2.05) is 24.3 Å². The van der Waals surface area contributed by atoms with Crippen molar-refractivity contribution >= 4 is 11.6 Å². The van der Waals surface area contributed by atoms with Gasteiger partial charge >= 0.3 is 0 Å². The van der Waals surface area contributed by atoms with E-state index in [0.29, 0.717) is 0 Å². The highest BCUT2D eigenvalue weighted by atomic mass is 16.5.